The van der Waals surface area contributed by atoms with E-state index in [1.165, 1.54) is 6.20 Å². The van der Waals surface area contributed by atoms with Gasteiger partial charge in [-0.25, -0.2) is 15.0 Å². The predicted octanol–water partition coefficient (Wildman–Crippen LogP) is 2.08. The van der Waals surface area contributed by atoms with Crippen LogP contribution in [0.4, 0.5) is 11.6 Å². The van der Waals surface area contributed by atoms with Gasteiger partial charge in [-0.15, -0.1) is 0 Å². The first-order valence-corrected chi connectivity index (χ1v) is 13.7. The molecule has 2 aliphatic rings. The lowest BCUT2D eigenvalue weighted by Crippen LogP contribution is -2.59. The van der Waals surface area contributed by atoms with Gasteiger partial charge < -0.3 is 26.0 Å². The van der Waals surface area contributed by atoms with Crippen LogP contribution in [0, 0.1) is 0 Å². The Kier molecular flexibility index (Phi) is 9.59. The molecule has 0 unspecified atom stereocenters. The highest BCUT2D eigenvalue weighted by atomic mass is 35.5. The maximum absolute atomic E-state index is 12.9. The van der Waals surface area contributed by atoms with Gasteiger partial charge in [0.2, 0.25) is 0 Å². The Hall–Kier alpha value is -2.73. The Morgan fingerprint density at radius 3 is 2.58 bits per heavy atom. The highest BCUT2D eigenvalue weighted by Crippen LogP contribution is 2.30. The second kappa shape index (κ2) is 12.9. The number of anilines is 2. The number of aliphatic hydroxyl groups is 1. The van der Waals surface area contributed by atoms with E-state index < -0.39 is 5.91 Å². The van der Waals surface area contributed by atoms with Crippen molar-refractivity contribution < 1.29 is 14.7 Å². The van der Waals surface area contributed by atoms with Gasteiger partial charge >= 0.3 is 0 Å². The van der Waals surface area contributed by atoms with Crippen LogP contribution in [-0.2, 0) is 0 Å². The van der Waals surface area contributed by atoms with Crippen molar-refractivity contribution in [1.82, 2.24) is 30.1 Å². The lowest BCUT2D eigenvalue weighted by Gasteiger charge is -2.48. The number of nitrogens with one attached hydrogen (secondary N) is 1. The summed E-state index contributed by atoms with van der Waals surface area (Å²) in [7, 11) is 0. The zero-order chi connectivity index (χ0) is 27.2. The normalized spacial score (nSPS) is 19.0. The van der Waals surface area contributed by atoms with Gasteiger partial charge in [-0.3, -0.25) is 14.5 Å². The Bertz CT molecular complexity index is 1130. The molecule has 1 atom stereocenters. The van der Waals surface area contributed by atoms with Crippen molar-refractivity contribution in [2.75, 3.05) is 56.5 Å². The molecular weight excluding hydrogens is 531 g/mol. The first kappa shape index (κ1) is 28.3. The minimum atomic E-state index is -0.525. The molecule has 38 heavy (non-hydrogen) atoms. The molecule has 4 N–H and O–H groups in total. The van der Waals surface area contributed by atoms with Crippen molar-refractivity contribution in [1.29, 1.82) is 0 Å². The van der Waals surface area contributed by atoms with Crippen molar-refractivity contribution in [3.05, 3.63) is 39.9 Å². The van der Waals surface area contributed by atoms with Gasteiger partial charge in [-0.2, -0.15) is 0 Å². The van der Waals surface area contributed by atoms with E-state index in [0.29, 0.717) is 48.8 Å². The minimum Gasteiger partial charge on any atom is -0.395 e. The molecule has 2 aromatic heterocycles. The van der Waals surface area contributed by atoms with Crippen LogP contribution in [-0.4, -0.2) is 99.6 Å². The number of rotatable bonds is 8. The number of piperidine rings is 1. The van der Waals surface area contributed by atoms with E-state index in [0.717, 1.165) is 32.2 Å². The number of aliphatic hydroxyl groups excluding tert-OH is 1. The molecule has 0 aliphatic carbocycles. The standard InChI is InChI=1S/C25H34Cl2N8O3/c1-2-3-18-15-34(23-21(27)31-20(22(28)32-23)24(37)29-8-13-36)11-12-35(18)17-6-9-33(10-7-17)25(38)16-4-5-19(26)30-14-16/h4-5,14,17-18,36H,2-3,6-13,15H2,1H3,(H2,28,32)(H,29,37)/t18-/m0/s1. The highest BCUT2D eigenvalue weighted by molar-refractivity contribution is 6.32. The molecule has 11 nitrogen and oxygen atoms in total. The third-order valence-corrected chi connectivity index (χ3v) is 7.60. The fourth-order valence-corrected chi connectivity index (χ4v) is 5.62. The summed E-state index contributed by atoms with van der Waals surface area (Å²) in [6, 6.07) is 4.02. The lowest BCUT2D eigenvalue weighted by molar-refractivity contribution is 0.0480. The average Bonchev–Trinajstić information content (AvgIpc) is 2.93. The maximum Gasteiger partial charge on any atom is 0.273 e. The number of carbonyl (C=O) groups excluding carboxylic acids is 2. The molecule has 2 saturated heterocycles. The van der Waals surface area contributed by atoms with Gasteiger partial charge in [0, 0.05) is 57.5 Å². The zero-order valence-electron chi connectivity index (χ0n) is 21.4. The summed E-state index contributed by atoms with van der Waals surface area (Å²) in [6.45, 7) is 5.68. The number of pyridine rings is 1. The number of hydrogen-bond acceptors (Lipinski definition) is 9. The van der Waals surface area contributed by atoms with Gasteiger partial charge in [-0.1, -0.05) is 36.5 Å². The van der Waals surface area contributed by atoms with E-state index in [1.54, 1.807) is 12.1 Å². The van der Waals surface area contributed by atoms with E-state index in [4.69, 9.17) is 34.0 Å². The van der Waals surface area contributed by atoms with Crippen LogP contribution in [0.5, 0.6) is 0 Å². The van der Waals surface area contributed by atoms with E-state index in [-0.39, 0.29) is 41.8 Å². The third kappa shape index (κ3) is 6.45. The Morgan fingerprint density at radius 1 is 1.16 bits per heavy atom. The first-order valence-electron chi connectivity index (χ1n) is 13.0. The Balaban J connectivity index is 1.40. The summed E-state index contributed by atoms with van der Waals surface area (Å²) in [5.74, 6) is -0.0620. The van der Waals surface area contributed by atoms with Crippen LogP contribution in [0.15, 0.2) is 18.3 Å². The number of aromatic nitrogens is 3. The maximum atomic E-state index is 12.9. The van der Waals surface area contributed by atoms with Crippen LogP contribution < -0.4 is 16.0 Å². The fourth-order valence-electron chi connectivity index (χ4n) is 5.26. The third-order valence-electron chi connectivity index (χ3n) is 7.12. The minimum absolute atomic E-state index is 0.00207. The van der Waals surface area contributed by atoms with Gasteiger partial charge in [0.05, 0.1) is 12.2 Å². The number of nitrogens with zero attached hydrogens (tertiary/aromatic N) is 6. The number of halogens is 2. The predicted molar refractivity (Wildman–Crippen MR) is 147 cm³/mol. The van der Waals surface area contributed by atoms with E-state index >= 15 is 0 Å². The lowest BCUT2D eigenvalue weighted by atomic mass is 9.97. The molecule has 4 rings (SSSR count). The van der Waals surface area contributed by atoms with Crippen molar-refractivity contribution in [2.45, 2.75) is 44.7 Å². The molecule has 2 aromatic rings. The molecule has 0 bridgehead atoms. The molecule has 0 radical (unpaired) electrons. The van der Waals surface area contributed by atoms with Crippen LogP contribution >= 0.6 is 23.2 Å². The fraction of sp³-hybridized carbons (Fsp3) is 0.560. The highest BCUT2D eigenvalue weighted by Gasteiger charge is 2.35. The van der Waals surface area contributed by atoms with Crippen LogP contribution in [0.25, 0.3) is 0 Å². The smallest absolute Gasteiger partial charge is 0.273 e. The van der Waals surface area contributed by atoms with Crippen molar-refractivity contribution >= 4 is 46.7 Å². The van der Waals surface area contributed by atoms with Crippen molar-refractivity contribution in [3.8, 4) is 0 Å². The van der Waals surface area contributed by atoms with Gasteiger partial charge in [0.1, 0.15) is 5.15 Å². The summed E-state index contributed by atoms with van der Waals surface area (Å²) in [6.07, 6.45) is 5.37. The second-order valence-corrected chi connectivity index (χ2v) is 10.3. The van der Waals surface area contributed by atoms with Crippen LogP contribution in [0.1, 0.15) is 53.5 Å². The summed E-state index contributed by atoms with van der Waals surface area (Å²) < 4.78 is 0. The molecule has 2 aliphatic heterocycles. The summed E-state index contributed by atoms with van der Waals surface area (Å²) >= 11 is 12.3. The van der Waals surface area contributed by atoms with Crippen LogP contribution in [0.3, 0.4) is 0 Å². The molecule has 0 saturated carbocycles. The van der Waals surface area contributed by atoms with E-state index in [2.05, 4.69) is 37.0 Å². The zero-order valence-corrected chi connectivity index (χ0v) is 23.0. The molecule has 4 heterocycles. The number of nitrogen functional groups attached to an aromatic ring is 1. The van der Waals surface area contributed by atoms with Gasteiger partial charge in [0.25, 0.3) is 11.8 Å². The molecule has 2 fully saturated rings. The molecule has 0 spiro atoms. The molecule has 2 amide bonds. The summed E-state index contributed by atoms with van der Waals surface area (Å²) in [5.41, 5.74) is 6.56. The Labute approximate surface area is 232 Å². The van der Waals surface area contributed by atoms with Crippen molar-refractivity contribution in [2.24, 2.45) is 0 Å². The molecular formula is C25H34Cl2N8O3. The summed E-state index contributed by atoms with van der Waals surface area (Å²) in [4.78, 5) is 44.4. The van der Waals surface area contributed by atoms with Gasteiger partial charge in [-0.05, 0) is 31.4 Å². The summed E-state index contributed by atoms with van der Waals surface area (Å²) in [5, 5.41) is 12.0. The number of piperazine rings is 1. The molecule has 206 valence electrons. The Morgan fingerprint density at radius 2 is 1.92 bits per heavy atom. The number of carbonyl (C=O) groups is 2. The average molecular weight is 566 g/mol. The van der Waals surface area contributed by atoms with Crippen LogP contribution in [0.2, 0.25) is 10.3 Å². The molecule has 13 heteroatoms. The van der Waals surface area contributed by atoms with Crippen molar-refractivity contribution in [3.63, 3.8) is 0 Å². The number of hydrogen-bond donors (Lipinski definition) is 3. The number of likely N-dealkylation sites (tertiary alicyclic amines) is 1. The van der Waals surface area contributed by atoms with E-state index in [1.807, 2.05) is 4.90 Å². The second-order valence-electron chi connectivity index (χ2n) is 9.57. The number of amides is 2. The number of nitrogens with two attached hydrogens (primary N) is 1. The van der Waals surface area contributed by atoms with E-state index in [9.17, 15) is 9.59 Å². The quantitative estimate of drug-likeness (QED) is 0.411. The largest absolute Gasteiger partial charge is 0.395 e. The topological polar surface area (TPSA) is 141 Å². The molecule has 0 aromatic carbocycles. The SMILES string of the molecule is CCC[C@H]1CN(c2nc(N)c(C(=O)NCCO)nc2Cl)CCN1C1CCN(C(=O)c2ccc(Cl)nc2)CC1. The van der Waals surface area contributed by atoms with Gasteiger partial charge in [0.15, 0.2) is 22.5 Å². The monoisotopic (exact) mass is 564 g/mol. The first-order chi connectivity index (χ1) is 18.3.